The number of rotatable bonds is 6. The number of hydrogen-bond donors (Lipinski definition) is 1. The summed E-state index contributed by atoms with van der Waals surface area (Å²) in [5, 5.41) is 4.00. The highest BCUT2D eigenvalue weighted by Gasteiger charge is 2.30. The van der Waals surface area contributed by atoms with Crippen LogP contribution in [0, 0.1) is 5.92 Å². The molecular formula is C18H19F3N2O. The smallest absolute Gasteiger partial charge is 0.416 e. The molecule has 0 atom stereocenters. The number of benzene rings is 2. The van der Waals surface area contributed by atoms with Gasteiger partial charge in [0.15, 0.2) is 0 Å². The van der Waals surface area contributed by atoms with E-state index in [0.717, 1.165) is 17.7 Å². The quantitative estimate of drug-likeness (QED) is 0.582. The maximum atomic E-state index is 12.7. The monoisotopic (exact) mass is 336 g/mol. The first kappa shape index (κ1) is 17.8. The topological polar surface area (TPSA) is 33.6 Å². The second-order valence-corrected chi connectivity index (χ2v) is 5.69. The van der Waals surface area contributed by atoms with Crippen molar-refractivity contribution in [3.63, 3.8) is 0 Å². The zero-order valence-electron chi connectivity index (χ0n) is 13.5. The van der Waals surface area contributed by atoms with Crippen molar-refractivity contribution in [1.29, 1.82) is 0 Å². The van der Waals surface area contributed by atoms with Gasteiger partial charge in [0.2, 0.25) is 0 Å². The third kappa shape index (κ3) is 5.30. The summed E-state index contributed by atoms with van der Waals surface area (Å²) in [6.45, 7) is 4.67. The van der Waals surface area contributed by atoms with Crippen LogP contribution >= 0.6 is 0 Å². The molecule has 2 aromatic carbocycles. The van der Waals surface area contributed by atoms with Crippen molar-refractivity contribution in [2.45, 2.75) is 20.0 Å². The number of hydrazone groups is 1. The molecule has 0 radical (unpaired) electrons. The molecule has 0 aliphatic heterocycles. The fraction of sp³-hybridized carbons (Fsp3) is 0.278. The molecule has 0 saturated carbocycles. The van der Waals surface area contributed by atoms with Crippen molar-refractivity contribution < 1.29 is 17.9 Å². The van der Waals surface area contributed by atoms with Crippen LogP contribution in [0.2, 0.25) is 0 Å². The molecule has 24 heavy (non-hydrogen) atoms. The Morgan fingerprint density at radius 1 is 1.12 bits per heavy atom. The molecule has 0 heterocycles. The maximum absolute atomic E-state index is 12.7. The Kier molecular flexibility index (Phi) is 5.84. The minimum Gasteiger partial charge on any atom is -0.493 e. The summed E-state index contributed by atoms with van der Waals surface area (Å²) < 4.78 is 43.7. The summed E-state index contributed by atoms with van der Waals surface area (Å²) in [5.41, 5.74) is 2.91. The van der Waals surface area contributed by atoms with Gasteiger partial charge >= 0.3 is 6.18 Å². The maximum Gasteiger partial charge on any atom is 0.416 e. The number of alkyl halides is 3. The lowest BCUT2D eigenvalue weighted by Crippen LogP contribution is -2.06. The lowest BCUT2D eigenvalue weighted by molar-refractivity contribution is -0.137. The largest absolute Gasteiger partial charge is 0.493 e. The molecule has 6 heteroatoms. The van der Waals surface area contributed by atoms with Crippen LogP contribution < -0.4 is 10.2 Å². The fourth-order valence-electron chi connectivity index (χ4n) is 1.92. The van der Waals surface area contributed by atoms with E-state index in [9.17, 15) is 13.2 Å². The van der Waals surface area contributed by atoms with Crippen molar-refractivity contribution in [2.75, 3.05) is 12.0 Å². The van der Waals surface area contributed by atoms with Crippen LogP contribution in [-0.4, -0.2) is 12.8 Å². The lowest BCUT2D eigenvalue weighted by atomic mass is 10.2. The van der Waals surface area contributed by atoms with E-state index in [-0.39, 0.29) is 5.69 Å². The van der Waals surface area contributed by atoms with E-state index >= 15 is 0 Å². The predicted molar refractivity (Wildman–Crippen MR) is 89.4 cm³/mol. The van der Waals surface area contributed by atoms with Gasteiger partial charge in [-0.3, -0.25) is 5.43 Å². The van der Waals surface area contributed by atoms with Crippen molar-refractivity contribution in [3.8, 4) is 5.75 Å². The molecule has 128 valence electrons. The Hall–Kier alpha value is -2.50. The number of nitrogens with one attached hydrogen (secondary N) is 1. The van der Waals surface area contributed by atoms with Crippen LogP contribution in [0.25, 0.3) is 0 Å². The van der Waals surface area contributed by atoms with Gasteiger partial charge in [0.05, 0.1) is 24.1 Å². The standard InChI is InChI=1S/C18H19F3N2O/c1-13(2)12-24-17-9-4-3-6-14(17)11-22-23-16-8-5-7-15(10-16)18(19,20)21/h3-11,13,23H,12H2,1-2H3. The first-order valence-corrected chi connectivity index (χ1v) is 7.54. The molecule has 3 nitrogen and oxygen atoms in total. The molecule has 0 spiro atoms. The predicted octanol–water partition coefficient (Wildman–Crippen LogP) is 5.19. The minimum absolute atomic E-state index is 0.265. The zero-order chi connectivity index (χ0) is 17.6. The van der Waals surface area contributed by atoms with Crippen molar-refractivity contribution in [2.24, 2.45) is 11.0 Å². The highest BCUT2D eigenvalue weighted by molar-refractivity contribution is 5.84. The van der Waals surface area contributed by atoms with E-state index in [1.165, 1.54) is 18.3 Å². The Labute approximate surface area is 139 Å². The molecule has 2 aromatic rings. The van der Waals surface area contributed by atoms with E-state index in [0.29, 0.717) is 18.3 Å². The van der Waals surface area contributed by atoms with Gasteiger partial charge in [-0.15, -0.1) is 0 Å². The van der Waals surface area contributed by atoms with Crippen molar-refractivity contribution in [1.82, 2.24) is 0 Å². The number of nitrogens with zero attached hydrogens (tertiary/aromatic N) is 1. The highest BCUT2D eigenvalue weighted by Crippen LogP contribution is 2.30. The van der Waals surface area contributed by atoms with Gasteiger partial charge in [0.1, 0.15) is 5.75 Å². The van der Waals surface area contributed by atoms with Gasteiger partial charge in [-0.05, 0) is 36.2 Å². The van der Waals surface area contributed by atoms with Crippen LogP contribution in [0.5, 0.6) is 5.75 Å². The summed E-state index contributed by atoms with van der Waals surface area (Å²) >= 11 is 0. The van der Waals surface area contributed by atoms with Crippen LogP contribution in [0.3, 0.4) is 0 Å². The Balaban J connectivity index is 2.07. The molecular weight excluding hydrogens is 317 g/mol. The molecule has 0 aromatic heterocycles. The Bertz CT molecular complexity index is 697. The highest BCUT2D eigenvalue weighted by atomic mass is 19.4. The molecule has 0 saturated heterocycles. The third-order valence-corrected chi connectivity index (χ3v) is 3.08. The van der Waals surface area contributed by atoms with Gasteiger partial charge in [0, 0.05) is 5.56 Å². The van der Waals surface area contributed by atoms with Crippen LogP contribution in [0.4, 0.5) is 18.9 Å². The SMILES string of the molecule is CC(C)COc1ccccc1C=NNc1cccc(C(F)(F)F)c1. The number of anilines is 1. The summed E-state index contributed by atoms with van der Waals surface area (Å²) in [5.74, 6) is 1.07. The van der Waals surface area contributed by atoms with E-state index in [1.807, 2.05) is 38.1 Å². The molecule has 0 aliphatic rings. The second-order valence-electron chi connectivity index (χ2n) is 5.69. The van der Waals surface area contributed by atoms with Gasteiger partial charge in [-0.1, -0.05) is 32.0 Å². The minimum atomic E-state index is -4.38. The van der Waals surface area contributed by atoms with Gasteiger partial charge in [-0.2, -0.15) is 18.3 Å². The summed E-state index contributed by atoms with van der Waals surface area (Å²) in [7, 11) is 0. The third-order valence-electron chi connectivity index (χ3n) is 3.08. The molecule has 0 unspecified atom stereocenters. The van der Waals surface area contributed by atoms with E-state index < -0.39 is 11.7 Å². The summed E-state index contributed by atoms with van der Waals surface area (Å²) in [6, 6.07) is 12.2. The van der Waals surface area contributed by atoms with Crippen molar-refractivity contribution >= 4 is 11.9 Å². The zero-order valence-corrected chi connectivity index (χ0v) is 13.5. The summed E-state index contributed by atoms with van der Waals surface area (Å²) in [4.78, 5) is 0. The Morgan fingerprint density at radius 2 is 1.88 bits per heavy atom. The molecule has 2 rings (SSSR count). The number of para-hydroxylation sites is 1. The molecule has 0 amide bonds. The molecule has 0 bridgehead atoms. The average molecular weight is 336 g/mol. The Morgan fingerprint density at radius 3 is 2.58 bits per heavy atom. The van der Waals surface area contributed by atoms with E-state index in [4.69, 9.17) is 4.74 Å². The fourth-order valence-corrected chi connectivity index (χ4v) is 1.92. The molecule has 0 aliphatic carbocycles. The number of hydrogen-bond acceptors (Lipinski definition) is 3. The van der Waals surface area contributed by atoms with Crippen LogP contribution in [-0.2, 0) is 6.18 Å². The first-order valence-electron chi connectivity index (χ1n) is 7.54. The number of ether oxygens (including phenoxy) is 1. The van der Waals surface area contributed by atoms with E-state index in [2.05, 4.69) is 10.5 Å². The summed E-state index contributed by atoms with van der Waals surface area (Å²) in [6.07, 6.45) is -2.85. The number of halogens is 3. The van der Waals surface area contributed by atoms with Crippen LogP contribution in [0.1, 0.15) is 25.0 Å². The van der Waals surface area contributed by atoms with Gasteiger partial charge < -0.3 is 4.74 Å². The van der Waals surface area contributed by atoms with Crippen molar-refractivity contribution in [3.05, 3.63) is 59.7 Å². The molecule has 1 N–H and O–H groups in total. The van der Waals surface area contributed by atoms with Crippen LogP contribution in [0.15, 0.2) is 53.6 Å². The first-order chi connectivity index (χ1) is 11.4. The average Bonchev–Trinajstić information content (AvgIpc) is 2.53. The second kappa shape index (κ2) is 7.86. The van der Waals surface area contributed by atoms with Gasteiger partial charge in [-0.25, -0.2) is 0 Å². The normalized spacial score (nSPS) is 11.9. The van der Waals surface area contributed by atoms with E-state index in [1.54, 1.807) is 0 Å². The molecule has 0 fully saturated rings. The van der Waals surface area contributed by atoms with Gasteiger partial charge in [0.25, 0.3) is 0 Å². The lowest BCUT2D eigenvalue weighted by Gasteiger charge is -2.11.